The van der Waals surface area contributed by atoms with Crippen molar-refractivity contribution in [3.8, 4) is 0 Å². The molecule has 0 aliphatic carbocycles. The van der Waals surface area contributed by atoms with E-state index in [1.807, 2.05) is 60.7 Å². The maximum Gasteiger partial charge on any atom is 0.269 e. The van der Waals surface area contributed by atoms with Gasteiger partial charge in [0.25, 0.3) is 11.4 Å². The van der Waals surface area contributed by atoms with E-state index in [1.165, 1.54) is 24.3 Å². The zero-order chi connectivity index (χ0) is 26.7. The summed E-state index contributed by atoms with van der Waals surface area (Å²) in [7, 11) is 0. The summed E-state index contributed by atoms with van der Waals surface area (Å²) in [6.45, 7) is 0. The Morgan fingerprint density at radius 1 is 0.553 bits per heavy atom. The van der Waals surface area contributed by atoms with Gasteiger partial charge in [-0.05, 0) is 35.4 Å². The second kappa shape index (κ2) is 12.5. The molecule has 0 saturated heterocycles. The highest BCUT2D eigenvalue weighted by atomic mass is 16.6. The monoisotopic (exact) mass is 508 g/mol. The molecule has 38 heavy (non-hydrogen) atoms. The molecule has 0 radical (unpaired) electrons. The van der Waals surface area contributed by atoms with E-state index >= 15 is 0 Å². The summed E-state index contributed by atoms with van der Waals surface area (Å²) in [5, 5.41) is 31.3. The van der Waals surface area contributed by atoms with Gasteiger partial charge in [-0.25, -0.2) is 0 Å². The molecule has 10 heteroatoms. The van der Waals surface area contributed by atoms with Crippen molar-refractivity contribution in [3.05, 3.63) is 141 Å². The van der Waals surface area contributed by atoms with Gasteiger partial charge in [-0.15, -0.1) is 0 Å². The van der Waals surface area contributed by atoms with Gasteiger partial charge in [-0.2, -0.15) is 10.2 Å². The van der Waals surface area contributed by atoms with Gasteiger partial charge in [-0.1, -0.05) is 60.7 Å². The fraction of sp³-hybridized carbons (Fsp3) is 0.0714. The highest BCUT2D eigenvalue weighted by molar-refractivity contribution is 6.43. The van der Waals surface area contributed by atoms with Crippen LogP contribution < -0.4 is 10.9 Å². The van der Waals surface area contributed by atoms with Crippen molar-refractivity contribution >= 4 is 34.2 Å². The number of rotatable bonds is 11. The van der Waals surface area contributed by atoms with Crippen LogP contribution in [0.2, 0.25) is 0 Å². The Labute approximate surface area is 218 Å². The SMILES string of the molecule is O=[N+]([O-])c1ccc(NN=C(Cc2ccccc2)C(Cc2ccccc2)=NNc2ccc([N+](=O)[O-])cc2)cc1. The predicted octanol–water partition coefficient (Wildman–Crippen LogP) is 6.22. The molecule has 10 nitrogen and oxygen atoms in total. The van der Waals surface area contributed by atoms with Crippen LogP contribution in [0.4, 0.5) is 22.7 Å². The standard InChI is InChI=1S/C28H24N6O4/c35-33(36)25-15-11-23(12-16-25)29-31-27(19-21-7-3-1-4-8-21)28(20-22-9-5-2-6-10-22)32-30-24-13-17-26(18-14-24)34(37)38/h1-18,29-30H,19-20H2. The van der Waals surface area contributed by atoms with Gasteiger partial charge in [0.2, 0.25) is 0 Å². The number of nitrogens with zero attached hydrogens (tertiary/aromatic N) is 4. The quantitative estimate of drug-likeness (QED) is 0.140. The molecule has 0 heterocycles. The highest BCUT2D eigenvalue weighted by Gasteiger charge is 2.14. The number of nitrogens with one attached hydrogen (secondary N) is 2. The summed E-state index contributed by atoms with van der Waals surface area (Å²) in [5.74, 6) is 0. The molecule has 2 N–H and O–H groups in total. The highest BCUT2D eigenvalue weighted by Crippen LogP contribution is 2.17. The molecule has 0 aromatic heterocycles. The van der Waals surface area contributed by atoms with E-state index in [0.717, 1.165) is 11.1 Å². The van der Waals surface area contributed by atoms with Crippen LogP contribution >= 0.6 is 0 Å². The predicted molar refractivity (Wildman–Crippen MR) is 149 cm³/mol. The van der Waals surface area contributed by atoms with Crippen molar-refractivity contribution in [1.82, 2.24) is 0 Å². The van der Waals surface area contributed by atoms with E-state index in [4.69, 9.17) is 0 Å². The van der Waals surface area contributed by atoms with Gasteiger partial charge >= 0.3 is 0 Å². The zero-order valence-electron chi connectivity index (χ0n) is 20.2. The zero-order valence-corrected chi connectivity index (χ0v) is 20.2. The first-order valence-electron chi connectivity index (χ1n) is 11.7. The first-order valence-corrected chi connectivity index (χ1v) is 11.7. The van der Waals surface area contributed by atoms with Gasteiger partial charge in [0, 0.05) is 37.1 Å². The molecule has 0 bridgehead atoms. The topological polar surface area (TPSA) is 135 Å². The van der Waals surface area contributed by atoms with Crippen molar-refractivity contribution in [1.29, 1.82) is 0 Å². The lowest BCUT2D eigenvalue weighted by Gasteiger charge is -2.13. The lowest BCUT2D eigenvalue weighted by atomic mass is 10.00. The van der Waals surface area contributed by atoms with Gasteiger partial charge < -0.3 is 0 Å². The molecule has 0 unspecified atom stereocenters. The number of hydrazone groups is 2. The van der Waals surface area contributed by atoms with Gasteiger partial charge in [0.15, 0.2) is 0 Å². The van der Waals surface area contributed by atoms with Crippen LogP contribution in [0.1, 0.15) is 11.1 Å². The van der Waals surface area contributed by atoms with Crippen molar-refractivity contribution in [2.75, 3.05) is 10.9 Å². The van der Waals surface area contributed by atoms with Gasteiger partial charge in [-0.3, -0.25) is 31.1 Å². The van der Waals surface area contributed by atoms with E-state index < -0.39 is 9.85 Å². The lowest BCUT2D eigenvalue weighted by Crippen LogP contribution is -2.22. The third-order valence-electron chi connectivity index (χ3n) is 5.56. The maximum absolute atomic E-state index is 11.0. The fourth-order valence-electron chi connectivity index (χ4n) is 3.57. The summed E-state index contributed by atoms with van der Waals surface area (Å²) < 4.78 is 0. The summed E-state index contributed by atoms with van der Waals surface area (Å²) in [6, 6.07) is 31.6. The first kappa shape index (κ1) is 25.7. The van der Waals surface area contributed by atoms with Crippen molar-refractivity contribution < 1.29 is 9.85 Å². The average molecular weight is 509 g/mol. The number of non-ortho nitro benzene ring substituents is 2. The van der Waals surface area contributed by atoms with E-state index in [9.17, 15) is 20.2 Å². The number of nitro benzene ring substituents is 2. The molecule has 0 saturated carbocycles. The van der Waals surface area contributed by atoms with Crippen molar-refractivity contribution in [2.24, 2.45) is 10.2 Å². The van der Waals surface area contributed by atoms with E-state index in [1.54, 1.807) is 24.3 Å². The minimum atomic E-state index is -0.456. The van der Waals surface area contributed by atoms with Crippen LogP contribution in [0.5, 0.6) is 0 Å². The summed E-state index contributed by atoms with van der Waals surface area (Å²) in [4.78, 5) is 21.1. The number of nitro groups is 2. The molecular weight excluding hydrogens is 484 g/mol. The number of hydrogen-bond acceptors (Lipinski definition) is 8. The van der Waals surface area contributed by atoms with E-state index in [-0.39, 0.29) is 11.4 Å². The van der Waals surface area contributed by atoms with Crippen LogP contribution in [0.3, 0.4) is 0 Å². The molecule has 190 valence electrons. The second-order valence-corrected chi connectivity index (χ2v) is 8.27. The molecular formula is C28H24N6O4. The van der Waals surface area contributed by atoms with Gasteiger partial charge in [0.05, 0.1) is 32.6 Å². The maximum atomic E-state index is 11.0. The van der Waals surface area contributed by atoms with Crippen LogP contribution in [-0.2, 0) is 12.8 Å². The van der Waals surface area contributed by atoms with Crippen LogP contribution in [0, 0.1) is 20.2 Å². The summed E-state index contributed by atoms with van der Waals surface area (Å²) in [5.41, 5.74) is 10.5. The molecule has 4 aromatic rings. The van der Waals surface area contributed by atoms with E-state index in [0.29, 0.717) is 35.6 Å². The lowest BCUT2D eigenvalue weighted by molar-refractivity contribution is -0.385. The minimum Gasteiger partial charge on any atom is -0.278 e. The molecule has 4 aromatic carbocycles. The Balaban J connectivity index is 1.67. The largest absolute Gasteiger partial charge is 0.278 e. The van der Waals surface area contributed by atoms with Crippen molar-refractivity contribution in [2.45, 2.75) is 12.8 Å². The minimum absolute atomic E-state index is 0.0114. The Hall–Kier alpha value is -5.38. The Kier molecular flexibility index (Phi) is 8.48. The summed E-state index contributed by atoms with van der Waals surface area (Å²) in [6.07, 6.45) is 0.933. The molecule has 0 spiro atoms. The number of hydrogen-bond donors (Lipinski definition) is 2. The third kappa shape index (κ3) is 7.31. The summed E-state index contributed by atoms with van der Waals surface area (Å²) >= 11 is 0. The van der Waals surface area contributed by atoms with E-state index in [2.05, 4.69) is 21.1 Å². The Morgan fingerprint density at radius 3 is 1.21 bits per heavy atom. The average Bonchev–Trinajstić information content (AvgIpc) is 2.95. The Morgan fingerprint density at radius 2 is 0.895 bits per heavy atom. The van der Waals surface area contributed by atoms with Crippen LogP contribution in [-0.4, -0.2) is 21.3 Å². The first-order chi connectivity index (χ1) is 18.5. The third-order valence-corrected chi connectivity index (χ3v) is 5.56. The molecule has 0 fully saturated rings. The molecule has 0 amide bonds. The molecule has 0 aliphatic heterocycles. The fourth-order valence-corrected chi connectivity index (χ4v) is 3.57. The second-order valence-electron chi connectivity index (χ2n) is 8.27. The van der Waals surface area contributed by atoms with Crippen LogP contribution in [0.15, 0.2) is 119 Å². The number of benzene rings is 4. The molecule has 0 atom stereocenters. The molecule has 0 aliphatic rings. The normalized spacial score (nSPS) is 11.6. The smallest absolute Gasteiger partial charge is 0.269 e. The number of anilines is 2. The molecule has 4 rings (SSSR count). The van der Waals surface area contributed by atoms with Gasteiger partial charge in [0.1, 0.15) is 0 Å². The van der Waals surface area contributed by atoms with Crippen molar-refractivity contribution in [3.63, 3.8) is 0 Å². The van der Waals surface area contributed by atoms with Crippen LogP contribution in [0.25, 0.3) is 0 Å². The Bertz CT molecular complexity index is 1330.